The average molecular weight is 825 g/mol. The predicted molar refractivity (Wildman–Crippen MR) is 260 cm³/mol. The number of carbonyl (C=O) groups excluding carboxylic acids is 1. The Kier molecular flexibility index (Phi) is 50.5. The summed E-state index contributed by atoms with van der Waals surface area (Å²) in [6, 6.07) is 0. The lowest BCUT2D eigenvalue weighted by atomic mass is 10.0. The van der Waals surface area contributed by atoms with E-state index in [1.165, 1.54) is 193 Å². The van der Waals surface area contributed by atoms with Crippen molar-refractivity contribution < 1.29 is 19.4 Å². The standard InChI is InChI=1S/C55H100O4/c1-3-5-7-9-11-13-15-17-19-21-23-25-27-29-31-33-35-37-39-41-43-45-47-49-51-58-53-54(52-56)59-55(57)50-48-46-44-42-40-38-36-34-32-30-28-26-24-22-20-18-16-14-12-10-8-6-4-2/h6,8,12,14,18,20-21,23-24,26,54,56H,3-5,7,9-11,13,15-17,19,22,25,27-53H2,1-2H3/b8-6-,14-12-,20-18-,23-21-,26-24-. The molecular weight excluding hydrogens is 725 g/mol. The highest BCUT2D eigenvalue weighted by atomic mass is 16.6. The number of aliphatic hydroxyl groups is 1. The Morgan fingerprint density at radius 3 is 1.17 bits per heavy atom. The van der Waals surface area contributed by atoms with Crippen LogP contribution in [0.2, 0.25) is 0 Å². The number of ether oxygens (including phenoxy) is 2. The molecule has 1 atom stereocenters. The first kappa shape index (κ1) is 57.1. The van der Waals surface area contributed by atoms with Gasteiger partial charge in [-0.2, -0.15) is 0 Å². The van der Waals surface area contributed by atoms with Crippen LogP contribution in [-0.2, 0) is 14.3 Å². The Morgan fingerprint density at radius 1 is 0.424 bits per heavy atom. The summed E-state index contributed by atoms with van der Waals surface area (Å²) in [5, 5.41) is 9.66. The quantitative estimate of drug-likeness (QED) is 0.0377. The van der Waals surface area contributed by atoms with Gasteiger partial charge in [0, 0.05) is 13.0 Å². The van der Waals surface area contributed by atoms with Gasteiger partial charge in [0.05, 0.1) is 13.2 Å². The first-order valence-electron chi connectivity index (χ1n) is 25.9. The van der Waals surface area contributed by atoms with Crippen molar-refractivity contribution in [3.8, 4) is 0 Å². The molecule has 0 bridgehead atoms. The molecule has 0 aromatic carbocycles. The van der Waals surface area contributed by atoms with Crippen LogP contribution >= 0.6 is 0 Å². The van der Waals surface area contributed by atoms with E-state index in [1.54, 1.807) is 0 Å². The topological polar surface area (TPSA) is 55.8 Å². The lowest BCUT2D eigenvalue weighted by molar-refractivity contribution is -0.154. The van der Waals surface area contributed by atoms with Crippen LogP contribution in [-0.4, -0.2) is 37.0 Å². The largest absolute Gasteiger partial charge is 0.457 e. The molecule has 4 heteroatoms. The van der Waals surface area contributed by atoms with Crippen molar-refractivity contribution in [3.63, 3.8) is 0 Å². The second-order valence-corrected chi connectivity index (χ2v) is 17.2. The third kappa shape index (κ3) is 50.3. The van der Waals surface area contributed by atoms with Gasteiger partial charge in [-0.1, -0.05) is 235 Å². The highest BCUT2D eigenvalue weighted by Crippen LogP contribution is 2.15. The summed E-state index contributed by atoms with van der Waals surface area (Å²) < 4.78 is 11.2. The lowest BCUT2D eigenvalue weighted by Gasteiger charge is -2.16. The number of hydrogen-bond donors (Lipinski definition) is 1. The van der Waals surface area contributed by atoms with Gasteiger partial charge in [-0.25, -0.2) is 0 Å². The average Bonchev–Trinajstić information content (AvgIpc) is 3.24. The Labute approximate surface area is 368 Å². The molecule has 0 rings (SSSR count). The molecule has 0 amide bonds. The van der Waals surface area contributed by atoms with E-state index < -0.39 is 6.10 Å². The van der Waals surface area contributed by atoms with E-state index in [2.05, 4.69) is 74.6 Å². The Bertz CT molecular complexity index is 962. The summed E-state index contributed by atoms with van der Waals surface area (Å²) in [5.74, 6) is -0.204. The van der Waals surface area contributed by atoms with E-state index in [0.717, 1.165) is 44.9 Å². The van der Waals surface area contributed by atoms with Crippen LogP contribution in [0.4, 0.5) is 0 Å². The minimum absolute atomic E-state index is 0.174. The van der Waals surface area contributed by atoms with Gasteiger partial charge < -0.3 is 14.6 Å². The minimum Gasteiger partial charge on any atom is -0.457 e. The number of rotatable bonds is 48. The Hall–Kier alpha value is -1.91. The first-order chi connectivity index (χ1) is 29.2. The summed E-state index contributed by atoms with van der Waals surface area (Å²) in [5.41, 5.74) is 0. The second-order valence-electron chi connectivity index (χ2n) is 17.2. The maximum absolute atomic E-state index is 12.3. The summed E-state index contributed by atoms with van der Waals surface area (Å²) in [7, 11) is 0. The molecule has 0 aliphatic rings. The normalized spacial score (nSPS) is 12.8. The SMILES string of the molecule is CC/C=C\C/C=C\C/C=C\C/C=C\CCCCCCCCCCCCC(=O)OC(CO)COCCCCCCCCCCCCCC/C=C\CCCCCCCCCC. The molecule has 0 aromatic heterocycles. The van der Waals surface area contributed by atoms with Gasteiger partial charge in [-0.05, 0) is 77.0 Å². The molecule has 0 saturated heterocycles. The van der Waals surface area contributed by atoms with Crippen LogP contribution in [0.3, 0.4) is 0 Å². The molecule has 0 spiro atoms. The molecule has 0 aliphatic carbocycles. The smallest absolute Gasteiger partial charge is 0.306 e. The van der Waals surface area contributed by atoms with Crippen molar-refractivity contribution in [3.05, 3.63) is 60.8 Å². The summed E-state index contributed by atoms with van der Waals surface area (Å²) >= 11 is 0. The van der Waals surface area contributed by atoms with Gasteiger partial charge in [0.1, 0.15) is 6.10 Å². The van der Waals surface area contributed by atoms with Crippen molar-refractivity contribution in [2.24, 2.45) is 0 Å². The van der Waals surface area contributed by atoms with Crippen LogP contribution in [0.25, 0.3) is 0 Å². The van der Waals surface area contributed by atoms with Gasteiger partial charge in [-0.3, -0.25) is 4.79 Å². The van der Waals surface area contributed by atoms with Crippen LogP contribution in [0.15, 0.2) is 60.8 Å². The highest BCUT2D eigenvalue weighted by Gasteiger charge is 2.13. The molecule has 344 valence electrons. The molecule has 0 radical (unpaired) electrons. The summed E-state index contributed by atoms with van der Waals surface area (Å²) in [6.07, 6.45) is 70.3. The fraction of sp³-hybridized carbons (Fsp3) is 0.800. The van der Waals surface area contributed by atoms with E-state index in [1.807, 2.05) is 0 Å². The Morgan fingerprint density at radius 2 is 0.763 bits per heavy atom. The molecule has 0 saturated carbocycles. The van der Waals surface area contributed by atoms with Crippen LogP contribution in [0.1, 0.15) is 258 Å². The van der Waals surface area contributed by atoms with Crippen LogP contribution in [0, 0.1) is 0 Å². The first-order valence-corrected chi connectivity index (χ1v) is 25.9. The number of unbranched alkanes of at least 4 members (excludes halogenated alkanes) is 30. The number of aliphatic hydroxyl groups excluding tert-OH is 1. The van der Waals surface area contributed by atoms with Gasteiger partial charge in [0.15, 0.2) is 0 Å². The molecule has 59 heavy (non-hydrogen) atoms. The third-order valence-corrected chi connectivity index (χ3v) is 11.3. The van der Waals surface area contributed by atoms with E-state index in [-0.39, 0.29) is 12.6 Å². The molecule has 4 nitrogen and oxygen atoms in total. The monoisotopic (exact) mass is 825 g/mol. The number of hydrogen-bond acceptors (Lipinski definition) is 4. The fourth-order valence-corrected chi connectivity index (χ4v) is 7.49. The second kappa shape index (κ2) is 52.2. The number of esters is 1. The Balaban J connectivity index is 3.41. The van der Waals surface area contributed by atoms with E-state index in [0.29, 0.717) is 19.6 Å². The zero-order chi connectivity index (χ0) is 42.6. The van der Waals surface area contributed by atoms with E-state index in [9.17, 15) is 9.90 Å². The molecule has 0 aromatic rings. The highest BCUT2D eigenvalue weighted by molar-refractivity contribution is 5.69. The van der Waals surface area contributed by atoms with E-state index in [4.69, 9.17) is 9.47 Å². The molecule has 1 N–H and O–H groups in total. The molecule has 0 heterocycles. The molecule has 0 aliphatic heterocycles. The number of allylic oxidation sites excluding steroid dienone is 10. The van der Waals surface area contributed by atoms with Crippen molar-refractivity contribution in [2.45, 2.75) is 264 Å². The maximum Gasteiger partial charge on any atom is 0.306 e. The summed E-state index contributed by atoms with van der Waals surface area (Å²) in [6.45, 7) is 5.26. The van der Waals surface area contributed by atoms with Crippen molar-refractivity contribution >= 4 is 5.97 Å². The van der Waals surface area contributed by atoms with Crippen LogP contribution < -0.4 is 0 Å². The molecular formula is C55H100O4. The zero-order valence-corrected chi connectivity index (χ0v) is 39.5. The van der Waals surface area contributed by atoms with Crippen molar-refractivity contribution in [2.75, 3.05) is 19.8 Å². The minimum atomic E-state index is -0.539. The van der Waals surface area contributed by atoms with Gasteiger partial charge in [-0.15, -0.1) is 0 Å². The van der Waals surface area contributed by atoms with Gasteiger partial charge >= 0.3 is 5.97 Å². The van der Waals surface area contributed by atoms with Crippen LogP contribution in [0.5, 0.6) is 0 Å². The molecule has 1 unspecified atom stereocenters. The van der Waals surface area contributed by atoms with E-state index >= 15 is 0 Å². The maximum atomic E-state index is 12.3. The van der Waals surface area contributed by atoms with Gasteiger partial charge in [0.2, 0.25) is 0 Å². The van der Waals surface area contributed by atoms with Crippen molar-refractivity contribution in [1.82, 2.24) is 0 Å². The van der Waals surface area contributed by atoms with Crippen molar-refractivity contribution in [1.29, 1.82) is 0 Å². The summed E-state index contributed by atoms with van der Waals surface area (Å²) in [4.78, 5) is 12.3. The predicted octanol–water partition coefficient (Wildman–Crippen LogP) is 17.6. The fourth-order valence-electron chi connectivity index (χ4n) is 7.49. The van der Waals surface area contributed by atoms with Gasteiger partial charge in [0.25, 0.3) is 0 Å². The lowest BCUT2D eigenvalue weighted by Crippen LogP contribution is -2.27. The zero-order valence-electron chi connectivity index (χ0n) is 39.5. The number of carbonyl (C=O) groups is 1. The third-order valence-electron chi connectivity index (χ3n) is 11.3. The molecule has 0 fully saturated rings.